The zero-order chi connectivity index (χ0) is 32.3. The molecule has 0 aliphatic carbocycles. The molecule has 11 heteroatoms. The van der Waals surface area contributed by atoms with Crippen molar-refractivity contribution in [3.63, 3.8) is 0 Å². The molecule has 0 bridgehead atoms. The second-order valence-electron chi connectivity index (χ2n) is 15.1. The van der Waals surface area contributed by atoms with Gasteiger partial charge in [-0.2, -0.15) is 0 Å². The number of sulfone groups is 1. The number of aliphatic hydroxyl groups excluding tert-OH is 2. The predicted molar refractivity (Wildman–Crippen MR) is 174 cm³/mol. The number of rotatable bonds is 14. The third-order valence-electron chi connectivity index (χ3n) is 9.59. The van der Waals surface area contributed by atoms with Gasteiger partial charge >= 0.3 is 0 Å². The molecular weight excluding hydrogens is 589 g/mol. The number of benzene rings is 1. The SMILES string of the molecule is CO[C@@H]1[C@@H](CS(=O)(=O)c2ccc(C)cc2)[C@H](CC(O)CO)O[C@@H]1C[C@@H](CO[Si](C)(C)C(C)(C)C)O[Si](C)(C)C(C)(C)C. The molecule has 1 aromatic carbocycles. The van der Waals surface area contributed by atoms with Crippen LogP contribution >= 0.6 is 0 Å². The summed E-state index contributed by atoms with van der Waals surface area (Å²) in [7, 11) is -6.37. The fourth-order valence-corrected chi connectivity index (χ4v) is 8.84. The van der Waals surface area contributed by atoms with Gasteiger partial charge in [0.2, 0.25) is 0 Å². The average molecular weight is 647 g/mol. The molecule has 0 amide bonds. The first-order chi connectivity index (χ1) is 19.0. The van der Waals surface area contributed by atoms with E-state index in [1.54, 1.807) is 31.4 Å². The van der Waals surface area contributed by atoms with Gasteiger partial charge in [0, 0.05) is 25.9 Å². The Hall–Kier alpha value is -0.636. The number of methoxy groups -OCH3 is 1. The lowest BCUT2D eigenvalue weighted by molar-refractivity contribution is -0.0477. The van der Waals surface area contributed by atoms with E-state index < -0.39 is 63.4 Å². The maximum Gasteiger partial charge on any atom is 0.192 e. The average Bonchev–Trinajstić information content (AvgIpc) is 3.15. The molecule has 0 spiro atoms. The molecule has 1 aromatic rings. The summed E-state index contributed by atoms with van der Waals surface area (Å²) in [6.07, 6.45) is -2.36. The summed E-state index contributed by atoms with van der Waals surface area (Å²) in [5, 5.41) is 20.0. The van der Waals surface area contributed by atoms with Gasteiger partial charge in [-0.15, -0.1) is 0 Å². The number of hydrogen-bond acceptors (Lipinski definition) is 8. The molecule has 6 atom stereocenters. The Kier molecular flexibility index (Phi) is 12.7. The van der Waals surface area contributed by atoms with Crippen LogP contribution in [0.5, 0.6) is 0 Å². The van der Waals surface area contributed by atoms with Crippen molar-refractivity contribution in [2.45, 2.75) is 133 Å². The molecule has 42 heavy (non-hydrogen) atoms. The third-order valence-corrected chi connectivity index (χ3v) is 20.4. The first kappa shape index (κ1) is 37.6. The van der Waals surface area contributed by atoms with Crippen molar-refractivity contribution >= 4 is 26.5 Å². The molecule has 0 aromatic heterocycles. The van der Waals surface area contributed by atoms with E-state index in [2.05, 4.69) is 67.7 Å². The van der Waals surface area contributed by atoms with Crippen LogP contribution in [0.2, 0.25) is 36.3 Å². The normalized spacial score (nSPS) is 24.1. The smallest absolute Gasteiger partial charge is 0.192 e. The first-order valence-electron chi connectivity index (χ1n) is 15.1. The van der Waals surface area contributed by atoms with E-state index in [9.17, 15) is 18.6 Å². The second kappa shape index (κ2) is 14.2. The van der Waals surface area contributed by atoms with Crippen LogP contribution in [0.4, 0.5) is 0 Å². The van der Waals surface area contributed by atoms with Crippen LogP contribution < -0.4 is 0 Å². The Morgan fingerprint density at radius 2 is 1.48 bits per heavy atom. The number of aryl methyl sites for hydroxylation is 1. The van der Waals surface area contributed by atoms with Crippen LogP contribution in [0.15, 0.2) is 29.2 Å². The first-order valence-corrected chi connectivity index (χ1v) is 22.6. The van der Waals surface area contributed by atoms with E-state index in [4.69, 9.17) is 18.3 Å². The van der Waals surface area contributed by atoms with Crippen LogP contribution in [0, 0.1) is 12.8 Å². The lowest BCUT2D eigenvalue weighted by atomic mass is 9.93. The van der Waals surface area contributed by atoms with Gasteiger partial charge in [0.05, 0.1) is 54.4 Å². The Morgan fingerprint density at radius 3 is 1.95 bits per heavy atom. The highest BCUT2D eigenvalue weighted by molar-refractivity contribution is 7.91. The summed E-state index contributed by atoms with van der Waals surface area (Å²) >= 11 is 0. The summed E-state index contributed by atoms with van der Waals surface area (Å²) in [6.45, 7) is 24.0. The summed E-state index contributed by atoms with van der Waals surface area (Å²) in [6, 6.07) is 6.82. The minimum atomic E-state index is -3.67. The largest absolute Gasteiger partial charge is 0.414 e. The second-order valence-corrected chi connectivity index (χ2v) is 26.7. The minimum absolute atomic E-state index is 0.0160. The van der Waals surface area contributed by atoms with Gasteiger partial charge in [-0.3, -0.25) is 0 Å². The van der Waals surface area contributed by atoms with Crippen LogP contribution in [0.1, 0.15) is 59.9 Å². The van der Waals surface area contributed by atoms with Crippen molar-refractivity contribution in [2.24, 2.45) is 5.92 Å². The van der Waals surface area contributed by atoms with Crippen molar-refractivity contribution in [1.29, 1.82) is 0 Å². The van der Waals surface area contributed by atoms with Crippen LogP contribution in [-0.2, 0) is 28.2 Å². The van der Waals surface area contributed by atoms with Crippen molar-refractivity contribution in [2.75, 3.05) is 26.1 Å². The van der Waals surface area contributed by atoms with Gasteiger partial charge in [0.1, 0.15) is 0 Å². The summed E-state index contributed by atoms with van der Waals surface area (Å²) in [5.41, 5.74) is 0.976. The lowest BCUT2D eigenvalue weighted by Gasteiger charge is -2.42. The molecule has 244 valence electrons. The zero-order valence-corrected chi connectivity index (χ0v) is 30.9. The molecule has 8 nitrogen and oxygen atoms in total. The molecule has 0 radical (unpaired) electrons. The molecule has 1 aliphatic heterocycles. The van der Waals surface area contributed by atoms with Crippen molar-refractivity contribution in [1.82, 2.24) is 0 Å². The maximum atomic E-state index is 13.5. The molecule has 1 unspecified atom stereocenters. The monoisotopic (exact) mass is 646 g/mol. The van der Waals surface area contributed by atoms with Crippen LogP contribution in [0.25, 0.3) is 0 Å². The topological polar surface area (TPSA) is 112 Å². The fraction of sp³-hybridized carbons (Fsp3) is 0.806. The molecular formula is C31H58O8SSi2. The fourth-order valence-electron chi connectivity index (χ4n) is 4.80. The van der Waals surface area contributed by atoms with Crippen molar-refractivity contribution in [3.8, 4) is 0 Å². The standard InChI is InChI=1S/C31H58O8SSi2/c1-22-13-15-25(16-14-22)40(34,35)21-26-27(17-23(33)19-32)38-28(29(26)36-8)18-24(39-42(11,12)31(5,6)7)20-37-41(9,10)30(2,3)4/h13-16,23-24,26-29,32-33H,17-21H2,1-12H3/t23?,24-,26-,27-,28+,29+/m0/s1. The zero-order valence-electron chi connectivity index (χ0n) is 28.1. The Morgan fingerprint density at radius 1 is 0.929 bits per heavy atom. The quantitative estimate of drug-likeness (QED) is 0.247. The van der Waals surface area contributed by atoms with Crippen molar-refractivity contribution in [3.05, 3.63) is 29.8 Å². The van der Waals surface area contributed by atoms with Crippen molar-refractivity contribution < 1.29 is 37.0 Å². The van der Waals surface area contributed by atoms with E-state index in [1.807, 2.05) is 6.92 Å². The van der Waals surface area contributed by atoms with E-state index in [0.29, 0.717) is 13.0 Å². The Bertz CT molecular complexity index is 1090. The van der Waals surface area contributed by atoms with Gasteiger partial charge in [-0.05, 0) is 55.3 Å². The minimum Gasteiger partial charge on any atom is -0.414 e. The highest BCUT2D eigenvalue weighted by Crippen LogP contribution is 2.41. The van der Waals surface area contributed by atoms with Gasteiger partial charge in [-0.1, -0.05) is 59.2 Å². The number of hydrogen-bond donors (Lipinski definition) is 2. The van der Waals surface area contributed by atoms with E-state index >= 15 is 0 Å². The highest BCUT2D eigenvalue weighted by atomic mass is 32.2. The molecule has 2 N–H and O–H groups in total. The van der Waals surface area contributed by atoms with Gasteiger partial charge in [0.15, 0.2) is 26.5 Å². The summed E-state index contributed by atoms with van der Waals surface area (Å²) in [4.78, 5) is 0.245. The summed E-state index contributed by atoms with van der Waals surface area (Å²) < 4.78 is 53.1. The van der Waals surface area contributed by atoms with E-state index in [1.165, 1.54) is 0 Å². The molecule has 1 fully saturated rings. The molecule has 1 aliphatic rings. The van der Waals surface area contributed by atoms with Gasteiger partial charge in [-0.25, -0.2) is 8.42 Å². The van der Waals surface area contributed by atoms with E-state index in [0.717, 1.165) is 5.56 Å². The van der Waals surface area contributed by atoms with Gasteiger partial charge in [0.25, 0.3) is 0 Å². The summed E-state index contributed by atoms with van der Waals surface area (Å²) in [5.74, 6) is -0.732. The Balaban J connectivity index is 2.41. The molecule has 0 saturated carbocycles. The molecule has 1 saturated heterocycles. The van der Waals surface area contributed by atoms with Crippen LogP contribution in [-0.4, -0.2) is 91.9 Å². The maximum absolute atomic E-state index is 13.5. The Labute approximate surface area is 257 Å². The molecule has 2 rings (SSSR count). The number of aliphatic hydroxyl groups is 2. The van der Waals surface area contributed by atoms with Gasteiger partial charge < -0.3 is 28.5 Å². The van der Waals surface area contributed by atoms with Crippen LogP contribution in [0.3, 0.4) is 0 Å². The molecule has 1 heterocycles. The third kappa shape index (κ3) is 9.68. The lowest BCUT2D eigenvalue weighted by Crippen LogP contribution is -2.49. The van der Waals surface area contributed by atoms with E-state index in [-0.39, 0.29) is 33.2 Å². The highest BCUT2D eigenvalue weighted by Gasteiger charge is 2.49. The number of ether oxygens (including phenoxy) is 2. The predicted octanol–water partition coefficient (Wildman–Crippen LogP) is 5.71.